The molecule has 0 aliphatic carbocycles. The van der Waals surface area contributed by atoms with Gasteiger partial charge in [-0.2, -0.15) is 0 Å². The number of aryl methyl sites for hydroxylation is 2. The second kappa shape index (κ2) is 5.14. The predicted octanol–water partition coefficient (Wildman–Crippen LogP) is 3.52. The quantitative estimate of drug-likeness (QED) is 0.775. The molecule has 0 spiro atoms. The molecule has 0 aliphatic rings. The van der Waals surface area contributed by atoms with Gasteiger partial charge in [0, 0.05) is 34.1 Å². The fourth-order valence-electron chi connectivity index (χ4n) is 2.16. The molecule has 0 amide bonds. The molecular formula is C15H13N3O2S. The number of pyridine rings is 1. The molecule has 3 rings (SSSR count). The lowest BCUT2D eigenvalue weighted by Gasteiger charge is -2.00. The van der Waals surface area contributed by atoms with Gasteiger partial charge in [-0.05, 0) is 32.0 Å². The zero-order valence-corrected chi connectivity index (χ0v) is 12.4. The van der Waals surface area contributed by atoms with Crippen LogP contribution >= 0.6 is 11.3 Å². The van der Waals surface area contributed by atoms with E-state index in [4.69, 9.17) is 5.11 Å². The molecule has 3 heterocycles. The summed E-state index contributed by atoms with van der Waals surface area (Å²) in [6.45, 7) is 3.91. The van der Waals surface area contributed by atoms with Gasteiger partial charge in [-0.1, -0.05) is 0 Å². The van der Waals surface area contributed by atoms with Gasteiger partial charge in [0.15, 0.2) is 0 Å². The number of rotatable bonds is 3. The van der Waals surface area contributed by atoms with Crippen molar-refractivity contribution < 1.29 is 9.90 Å². The molecule has 0 bridgehead atoms. The average molecular weight is 299 g/mol. The zero-order chi connectivity index (χ0) is 15.0. The van der Waals surface area contributed by atoms with Crippen molar-refractivity contribution in [3.8, 4) is 21.8 Å². The number of aromatic carboxylic acids is 1. The second-order valence-electron chi connectivity index (χ2n) is 4.78. The van der Waals surface area contributed by atoms with E-state index in [2.05, 4.69) is 15.0 Å². The Morgan fingerprint density at radius 1 is 1.14 bits per heavy atom. The van der Waals surface area contributed by atoms with Gasteiger partial charge in [0.1, 0.15) is 10.7 Å². The third-order valence-electron chi connectivity index (χ3n) is 3.04. The number of nitrogens with one attached hydrogen (secondary N) is 1. The molecule has 5 nitrogen and oxygen atoms in total. The fraction of sp³-hybridized carbons (Fsp3) is 0.133. The lowest BCUT2D eigenvalue weighted by Crippen LogP contribution is -1.94. The number of carboxylic acid groups (broad SMARTS) is 1. The lowest BCUT2D eigenvalue weighted by molar-refractivity contribution is 0.0691. The summed E-state index contributed by atoms with van der Waals surface area (Å²) in [6, 6.07) is 5.58. The molecule has 0 aromatic carbocycles. The van der Waals surface area contributed by atoms with Crippen molar-refractivity contribution in [1.82, 2.24) is 15.0 Å². The Hall–Kier alpha value is -2.47. The van der Waals surface area contributed by atoms with Crippen molar-refractivity contribution in [2.45, 2.75) is 13.8 Å². The van der Waals surface area contributed by atoms with Crippen LogP contribution in [0.4, 0.5) is 0 Å². The minimum atomic E-state index is -0.975. The number of carboxylic acids is 1. The van der Waals surface area contributed by atoms with Crippen LogP contribution in [0.15, 0.2) is 29.8 Å². The minimum absolute atomic E-state index is 0.162. The van der Waals surface area contributed by atoms with E-state index in [0.29, 0.717) is 0 Å². The van der Waals surface area contributed by atoms with Gasteiger partial charge < -0.3 is 10.1 Å². The summed E-state index contributed by atoms with van der Waals surface area (Å²) in [5.74, 6) is -0.975. The molecule has 2 N–H and O–H groups in total. The van der Waals surface area contributed by atoms with E-state index in [9.17, 15) is 4.79 Å². The molecule has 0 unspecified atom stereocenters. The van der Waals surface area contributed by atoms with Crippen LogP contribution < -0.4 is 0 Å². The molecule has 0 aliphatic heterocycles. The summed E-state index contributed by atoms with van der Waals surface area (Å²) < 4.78 is 0. The molecule has 6 heteroatoms. The van der Waals surface area contributed by atoms with Gasteiger partial charge in [0.05, 0.1) is 5.69 Å². The van der Waals surface area contributed by atoms with Crippen LogP contribution in [0.3, 0.4) is 0 Å². The number of aromatic nitrogens is 3. The van der Waals surface area contributed by atoms with Crippen LogP contribution in [0.25, 0.3) is 21.8 Å². The summed E-state index contributed by atoms with van der Waals surface area (Å²) in [5, 5.41) is 11.8. The average Bonchev–Trinajstić information content (AvgIpc) is 3.07. The highest BCUT2D eigenvalue weighted by molar-refractivity contribution is 7.13. The first-order valence-electron chi connectivity index (χ1n) is 6.36. The molecule has 3 aromatic rings. The van der Waals surface area contributed by atoms with Gasteiger partial charge in [-0.3, -0.25) is 4.98 Å². The summed E-state index contributed by atoms with van der Waals surface area (Å²) in [7, 11) is 0. The molecule has 0 fully saturated rings. The lowest BCUT2D eigenvalue weighted by atomic mass is 10.2. The van der Waals surface area contributed by atoms with Crippen LogP contribution in [0, 0.1) is 13.8 Å². The Bertz CT molecular complexity index is 800. The first kappa shape index (κ1) is 13.5. The smallest absolute Gasteiger partial charge is 0.352 e. The van der Waals surface area contributed by atoms with E-state index in [1.165, 1.54) is 11.3 Å². The third-order valence-corrected chi connectivity index (χ3v) is 3.93. The first-order chi connectivity index (χ1) is 10.0. The number of carbonyl (C=O) groups is 1. The molecule has 0 atom stereocenters. The van der Waals surface area contributed by atoms with Gasteiger partial charge in [0.25, 0.3) is 0 Å². The maximum absolute atomic E-state index is 10.9. The monoisotopic (exact) mass is 299 g/mol. The van der Waals surface area contributed by atoms with E-state index in [1.807, 2.05) is 31.4 Å². The van der Waals surface area contributed by atoms with Gasteiger partial charge in [0.2, 0.25) is 0 Å². The van der Waals surface area contributed by atoms with Gasteiger partial charge in [-0.25, -0.2) is 9.78 Å². The first-order valence-corrected chi connectivity index (χ1v) is 7.24. The number of hydrogen-bond donors (Lipinski definition) is 2. The standard InChI is InChI=1S/C15H13N3O2S/c1-8-3-10(4-9(2)17-8)14-18-13(7-21-14)11-5-12(15(19)20)16-6-11/h3-7,16H,1-2H3,(H,19,20). The highest BCUT2D eigenvalue weighted by Gasteiger charge is 2.11. The molecule has 21 heavy (non-hydrogen) atoms. The Morgan fingerprint density at radius 2 is 1.86 bits per heavy atom. The van der Waals surface area contributed by atoms with Crippen molar-refractivity contribution in [3.05, 3.63) is 46.9 Å². The summed E-state index contributed by atoms with van der Waals surface area (Å²) in [5.41, 5.74) is 4.65. The van der Waals surface area contributed by atoms with Crippen molar-refractivity contribution >= 4 is 17.3 Å². The Morgan fingerprint density at radius 3 is 2.48 bits per heavy atom. The van der Waals surface area contributed by atoms with Crippen LogP contribution in [-0.2, 0) is 0 Å². The Balaban J connectivity index is 1.97. The van der Waals surface area contributed by atoms with Crippen molar-refractivity contribution in [1.29, 1.82) is 0 Å². The minimum Gasteiger partial charge on any atom is -0.477 e. The highest BCUT2D eigenvalue weighted by atomic mass is 32.1. The molecule has 0 radical (unpaired) electrons. The largest absolute Gasteiger partial charge is 0.477 e. The van der Waals surface area contributed by atoms with E-state index < -0.39 is 5.97 Å². The van der Waals surface area contributed by atoms with Crippen LogP contribution in [0.2, 0.25) is 0 Å². The van der Waals surface area contributed by atoms with Crippen molar-refractivity contribution in [3.63, 3.8) is 0 Å². The van der Waals surface area contributed by atoms with Gasteiger partial charge in [-0.15, -0.1) is 11.3 Å². The van der Waals surface area contributed by atoms with Crippen molar-refractivity contribution in [2.75, 3.05) is 0 Å². The number of thiazole rings is 1. The summed E-state index contributed by atoms with van der Waals surface area (Å²) >= 11 is 1.53. The Labute approximate surface area is 125 Å². The van der Waals surface area contributed by atoms with E-state index in [1.54, 1.807) is 12.3 Å². The Kier molecular flexibility index (Phi) is 3.31. The summed E-state index contributed by atoms with van der Waals surface area (Å²) in [6.07, 6.45) is 1.66. The molecule has 106 valence electrons. The highest BCUT2D eigenvalue weighted by Crippen LogP contribution is 2.29. The second-order valence-corrected chi connectivity index (χ2v) is 5.64. The normalized spacial score (nSPS) is 10.8. The molecule has 0 saturated carbocycles. The van der Waals surface area contributed by atoms with E-state index in [-0.39, 0.29) is 5.69 Å². The van der Waals surface area contributed by atoms with E-state index in [0.717, 1.165) is 33.2 Å². The maximum atomic E-state index is 10.9. The van der Waals surface area contributed by atoms with Crippen LogP contribution in [0.1, 0.15) is 21.9 Å². The number of aromatic amines is 1. The topological polar surface area (TPSA) is 78.9 Å². The third kappa shape index (κ3) is 2.71. The van der Waals surface area contributed by atoms with Crippen LogP contribution in [-0.4, -0.2) is 26.0 Å². The molecular weight excluding hydrogens is 286 g/mol. The van der Waals surface area contributed by atoms with Crippen molar-refractivity contribution in [2.24, 2.45) is 0 Å². The number of nitrogens with zero attached hydrogens (tertiary/aromatic N) is 2. The van der Waals surface area contributed by atoms with E-state index >= 15 is 0 Å². The zero-order valence-electron chi connectivity index (χ0n) is 11.5. The van der Waals surface area contributed by atoms with Crippen LogP contribution in [0.5, 0.6) is 0 Å². The molecule has 3 aromatic heterocycles. The molecule has 0 saturated heterocycles. The SMILES string of the molecule is Cc1cc(-c2nc(-c3c[nH]c(C(=O)O)c3)cs2)cc(C)n1. The fourth-order valence-corrected chi connectivity index (χ4v) is 2.98. The predicted molar refractivity (Wildman–Crippen MR) is 81.6 cm³/mol. The van der Waals surface area contributed by atoms with Gasteiger partial charge >= 0.3 is 5.97 Å². The summed E-state index contributed by atoms with van der Waals surface area (Å²) in [4.78, 5) is 22.6. The number of H-pyrrole nitrogens is 1. The maximum Gasteiger partial charge on any atom is 0.352 e. The number of hydrogen-bond acceptors (Lipinski definition) is 4.